The van der Waals surface area contributed by atoms with Crippen LogP contribution in [0.5, 0.6) is 0 Å². The third kappa shape index (κ3) is 0.651. The second kappa shape index (κ2) is 1.69. The fourth-order valence-electron chi connectivity index (χ4n) is 2.43. The molecule has 4 nitrogen and oxygen atoms in total. The lowest BCUT2D eigenvalue weighted by Crippen LogP contribution is -2.70. The summed E-state index contributed by atoms with van der Waals surface area (Å²) in [6.45, 7) is 5.47. The molecule has 11 heavy (non-hydrogen) atoms. The van der Waals surface area contributed by atoms with Gasteiger partial charge >= 0.3 is 0 Å². The molecule has 4 bridgehead atoms. The summed E-state index contributed by atoms with van der Waals surface area (Å²) in [7, 11) is 0. The van der Waals surface area contributed by atoms with Crippen molar-refractivity contribution in [2.75, 3.05) is 33.0 Å². The molecular weight excluding hydrogens is 140 g/mol. The smallest absolute Gasteiger partial charge is 0.195 e. The number of hydrogen-bond donors (Lipinski definition) is 1. The van der Waals surface area contributed by atoms with Gasteiger partial charge in [0.2, 0.25) is 0 Å². The number of guanidine groups is 1. The second-order valence-electron chi connectivity index (χ2n) is 3.77. The first-order chi connectivity index (χ1) is 5.33. The van der Waals surface area contributed by atoms with E-state index in [9.17, 15) is 0 Å². The van der Waals surface area contributed by atoms with Crippen LogP contribution in [0.2, 0.25) is 0 Å². The third-order valence-corrected chi connectivity index (χ3v) is 2.81. The Hall–Kier alpha value is -0.770. The fourth-order valence-corrected chi connectivity index (χ4v) is 2.43. The van der Waals surface area contributed by atoms with E-state index in [1.807, 2.05) is 0 Å². The summed E-state index contributed by atoms with van der Waals surface area (Å²) in [6, 6.07) is 0. The zero-order valence-corrected chi connectivity index (χ0v) is 6.45. The largest absolute Gasteiger partial charge is 0.330 e. The highest BCUT2D eigenvalue weighted by Crippen LogP contribution is 2.25. The van der Waals surface area contributed by atoms with Gasteiger partial charge in [-0.15, -0.1) is 0 Å². The highest BCUT2D eigenvalue weighted by atomic mass is 15.6. The van der Waals surface area contributed by atoms with E-state index in [2.05, 4.69) is 14.7 Å². The minimum atomic E-state index is 0.747. The molecule has 0 aliphatic carbocycles. The molecule has 4 saturated heterocycles. The maximum atomic E-state index is 7.74. The molecule has 0 aromatic heterocycles. The van der Waals surface area contributed by atoms with Gasteiger partial charge in [-0.3, -0.25) is 10.3 Å². The molecule has 0 atom stereocenters. The minimum absolute atomic E-state index is 0.747. The zero-order chi connectivity index (χ0) is 7.42. The highest BCUT2D eigenvalue weighted by Gasteiger charge is 2.40. The van der Waals surface area contributed by atoms with Crippen LogP contribution in [-0.4, -0.2) is 53.6 Å². The Balaban J connectivity index is 1.96. The maximum absolute atomic E-state index is 7.74. The molecule has 0 aromatic rings. The lowest BCUT2D eigenvalue weighted by Gasteiger charge is -2.56. The molecule has 4 rings (SSSR count). The van der Waals surface area contributed by atoms with Gasteiger partial charge in [0, 0.05) is 25.6 Å². The Bertz CT molecular complexity index is 182. The Morgan fingerprint density at radius 3 is 2.27 bits per heavy atom. The number of hydrogen-bond acceptors (Lipinski definition) is 2. The van der Waals surface area contributed by atoms with Crippen LogP contribution in [0, 0.1) is 11.3 Å². The molecule has 0 unspecified atom stereocenters. The van der Waals surface area contributed by atoms with Gasteiger partial charge in [0.15, 0.2) is 5.96 Å². The van der Waals surface area contributed by atoms with Crippen molar-refractivity contribution in [3.05, 3.63) is 0 Å². The molecular formula is C7H12N4. The Morgan fingerprint density at radius 1 is 1.09 bits per heavy atom. The van der Waals surface area contributed by atoms with Crippen molar-refractivity contribution in [1.29, 1.82) is 5.41 Å². The summed E-state index contributed by atoms with van der Waals surface area (Å²) in [5, 5.41) is 7.74. The molecule has 4 aliphatic heterocycles. The average molecular weight is 152 g/mol. The lowest BCUT2D eigenvalue weighted by molar-refractivity contribution is -0.0405. The molecule has 0 spiro atoms. The first-order valence-corrected chi connectivity index (χ1v) is 4.14. The van der Waals surface area contributed by atoms with E-state index >= 15 is 0 Å². The Labute approximate surface area is 65.9 Å². The van der Waals surface area contributed by atoms with Gasteiger partial charge in [-0.1, -0.05) is 0 Å². The number of nitrogens with zero attached hydrogens (tertiary/aromatic N) is 3. The van der Waals surface area contributed by atoms with Gasteiger partial charge in [0.1, 0.15) is 0 Å². The molecule has 0 amide bonds. The van der Waals surface area contributed by atoms with Crippen molar-refractivity contribution in [1.82, 2.24) is 14.7 Å². The summed E-state index contributed by atoms with van der Waals surface area (Å²) in [4.78, 5) is 6.75. The summed E-state index contributed by atoms with van der Waals surface area (Å²) in [5.74, 6) is 1.55. The van der Waals surface area contributed by atoms with Crippen LogP contribution < -0.4 is 0 Å². The summed E-state index contributed by atoms with van der Waals surface area (Å²) in [5.41, 5.74) is 0. The molecule has 4 heterocycles. The molecule has 4 fully saturated rings. The first-order valence-electron chi connectivity index (χ1n) is 4.14. The van der Waals surface area contributed by atoms with Crippen LogP contribution >= 0.6 is 0 Å². The third-order valence-electron chi connectivity index (χ3n) is 2.81. The van der Waals surface area contributed by atoms with Crippen molar-refractivity contribution in [2.45, 2.75) is 0 Å². The quantitative estimate of drug-likeness (QED) is 0.503. The van der Waals surface area contributed by atoms with Gasteiger partial charge in [-0.05, 0) is 0 Å². The van der Waals surface area contributed by atoms with E-state index in [1.165, 1.54) is 6.54 Å². The summed E-state index contributed by atoms with van der Waals surface area (Å²) in [6.07, 6.45) is 0. The fraction of sp³-hybridized carbons (Fsp3) is 0.857. The van der Waals surface area contributed by atoms with E-state index in [0.29, 0.717) is 0 Å². The van der Waals surface area contributed by atoms with Gasteiger partial charge in [-0.2, -0.15) is 0 Å². The molecule has 1 N–H and O–H groups in total. The minimum Gasteiger partial charge on any atom is -0.330 e. The summed E-state index contributed by atoms with van der Waals surface area (Å²) < 4.78 is 0. The predicted octanol–water partition coefficient (Wildman–Crippen LogP) is -0.601. The van der Waals surface area contributed by atoms with Crippen LogP contribution in [0.3, 0.4) is 0 Å². The van der Waals surface area contributed by atoms with Crippen molar-refractivity contribution in [3.8, 4) is 0 Å². The van der Waals surface area contributed by atoms with E-state index in [4.69, 9.17) is 5.41 Å². The van der Waals surface area contributed by atoms with Gasteiger partial charge in [-0.25, -0.2) is 0 Å². The van der Waals surface area contributed by atoms with Crippen molar-refractivity contribution in [3.63, 3.8) is 0 Å². The Morgan fingerprint density at radius 2 is 1.73 bits per heavy atom. The molecule has 4 heteroatoms. The molecule has 60 valence electrons. The topological polar surface area (TPSA) is 33.6 Å². The van der Waals surface area contributed by atoms with Crippen molar-refractivity contribution in [2.24, 2.45) is 5.92 Å². The van der Waals surface area contributed by atoms with Gasteiger partial charge in [0.25, 0.3) is 0 Å². The van der Waals surface area contributed by atoms with Crippen LogP contribution in [0.4, 0.5) is 0 Å². The standard InChI is InChI=1S/C7H12N4/c8-7-10-2-6-1-9(4-10)5-11(7)3-6/h6,8H,1-5H2. The van der Waals surface area contributed by atoms with Gasteiger partial charge < -0.3 is 9.80 Å². The number of rotatable bonds is 0. The van der Waals surface area contributed by atoms with E-state index in [0.717, 1.165) is 38.3 Å². The van der Waals surface area contributed by atoms with Crippen molar-refractivity contribution < 1.29 is 0 Å². The van der Waals surface area contributed by atoms with Crippen LogP contribution in [0.1, 0.15) is 0 Å². The Kier molecular flexibility index (Phi) is 0.896. The zero-order valence-electron chi connectivity index (χ0n) is 6.45. The molecule has 0 radical (unpaired) electrons. The van der Waals surface area contributed by atoms with E-state index < -0.39 is 0 Å². The molecule has 4 aliphatic rings. The van der Waals surface area contributed by atoms with Crippen LogP contribution in [-0.2, 0) is 0 Å². The van der Waals surface area contributed by atoms with E-state index in [-0.39, 0.29) is 0 Å². The predicted molar refractivity (Wildman–Crippen MR) is 41.1 cm³/mol. The highest BCUT2D eigenvalue weighted by molar-refractivity contribution is 5.78. The summed E-state index contributed by atoms with van der Waals surface area (Å²) >= 11 is 0. The maximum Gasteiger partial charge on any atom is 0.195 e. The van der Waals surface area contributed by atoms with Crippen LogP contribution in [0.15, 0.2) is 0 Å². The SMILES string of the molecule is N=C1N2CC3CN(C2)CN1C3. The lowest BCUT2D eigenvalue weighted by atomic mass is 10.0. The normalized spacial score (nSPS) is 40.5. The number of nitrogens with one attached hydrogen (secondary N) is 1. The second-order valence-corrected chi connectivity index (χ2v) is 3.77. The molecule has 0 saturated carbocycles. The monoisotopic (exact) mass is 152 g/mol. The van der Waals surface area contributed by atoms with Crippen molar-refractivity contribution >= 4 is 5.96 Å². The first kappa shape index (κ1) is 5.83. The van der Waals surface area contributed by atoms with E-state index in [1.54, 1.807) is 0 Å². The molecule has 0 aromatic carbocycles. The van der Waals surface area contributed by atoms with Crippen LogP contribution in [0.25, 0.3) is 0 Å². The van der Waals surface area contributed by atoms with Gasteiger partial charge in [0.05, 0.1) is 13.3 Å². The average Bonchev–Trinajstić information content (AvgIpc) is 1.98.